The molecule has 2 amide bonds. The second-order valence-corrected chi connectivity index (χ2v) is 6.89. The third kappa shape index (κ3) is 3.62. The predicted octanol–water partition coefficient (Wildman–Crippen LogP) is 0.619. The van der Waals surface area contributed by atoms with Crippen LogP contribution in [0.5, 0.6) is 0 Å². The highest BCUT2D eigenvalue weighted by Gasteiger charge is 2.31. The molecule has 1 unspecified atom stereocenters. The van der Waals surface area contributed by atoms with E-state index in [0.717, 1.165) is 36.6 Å². The van der Waals surface area contributed by atoms with Gasteiger partial charge in [0.15, 0.2) is 0 Å². The first-order chi connectivity index (χ1) is 12.7. The Morgan fingerprint density at radius 2 is 2.15 bits per heavy atom. The smallest absolute Gasteiger partial charge is 0.239 e. The summed E-state index contributed by atoms with van der Waals surface area (Å²) in [5.41, 5.74) is 3.15. The minimum atomic E-state index is -0.142. The number of hydrogen-bond donors (Lipinski definition) is 2. The van der Waals surface area contributed by atoms with Crippen molar-refractivity contribution in [3.63, 3.8) is 0 Å². The molecule has 0 bridgehead atoms. The van der Waals surface area contributed by atoms with Gasteiger partial charge in [0, 0.05) is 32.0 Å². The first-order valence-electron chi connectivity index (χ1n) is 9.05. The molecular weight excluding hydrogens is 330 g/mol. The Balaban J connectivity index is 1.29. The SMILES string of the molecule is O=C(CN1CC(c2ccccc2)CC1=O)NCc1cc2n(n1)CCNC2. The highest BCUT2D eigenvalue weighted by molar-refractivity contribution is 5.86. The summed E-state index contributed by atoms with van der Waals surface area (Å²) in [6, 6.07) is 12.0. The van der Waals surface area contributed by atoms with Gasteiger partial charge in [-0.15, -0.1) is 0 Å². The minimum absolute atomic E-state index is 0.0394. The number of carbonyl (C=O) groups excluding carboxylic acids is 2. The van der Waals surface area contributed by atoms with Crippen LogP contribution in [0.1, 0.15) is 29.3 Å². The van der Waals surface area contributed by atoms with Gasteiger partial charge in [-0.25, -0.2) is 0 Å². The quantitative estimate of drug-likeness (QED) is 0.826. The number of hydrogen-bond acceptors (Lipinski definition) is 4. The van der Waals surface area contributed by atoms with Crippen LogP contribution in [0.2, 0.25) is 0 Å². The van der Waals surface area contributed by atoms with Gasteiger partial charge < -0.3 is 15.5 Å². The Morgan fingerprint density at radius 1 is 1.31 bits per heavy atom. The lowest BCUT2D eigenvalue weighted by molar-refractivity contribution is -0.133. The first kappa shape index (κ1) is 16.8. The second kappa shape index (κ2) is 7.29. The zero-order valence-corrected chi connectivity index (χ0v) is 14.6. The summed E-state index contributed by atoms with van der Waals surface area (Å²) in [5.74, 6) is 0.0672. The Labute approximate surface area is 152 Å². The van der Waals surface area contributed by atoms with E-state index in [4.69, 9.17) is 0 Å². The van der Waals surface area contributed by atoms with Crippen molar-refractivity contribution in [2.75, 3.05) is 19.6 Å². The van der Waals surface area contributed by atoms with Gasteiger partial charge in [0.2, 0.25) is 11.8 Å². The summed E-state index contributed by atoms with van der Waals surface area (Å²) in [7, 11) is 0. The number of nitrogens with zero attached hydrogens (tertiary/aromatic N) is 3. The fraction of sp³-hybridized carbons (Fsp3) is 0.421. The van der Waals surface area contributed by atoms with Crippen molar-refractivity contribution < 1.29 is 9.59 Å². The number of carbonyl (C=O) groups is 2. The van der Waals surface area contributed by atoms with E-state index in [1.807, 2.05) is 41.1 Å². The van der Waals surface area contributed by atoms with Crippen molar-refractivity contribution in [1.82, 2.24) is 25.3 Å². The lowest BCUT2D eigenvalue weighted by Crippen LogP contribution is -2.37. The van der Waals surface area contributed by atoms with E-state index in [1.54, 1.807) is 4.90 Å². The van der Waals surface area contributed by atoms with E-state index in [1.165, 1.54) is 0 Å². The molecule has 0 aliphatic carbocycles. The number of benzene rings is 1. The van der Waals surface area contributed by atoms with Crippen molar-refractivity contribution in [3.8, 4) is 0 Å². The normalized spacial score (nSPS) is 19.5. The maximum atomic E-state index is 12.3. The molecule has 0 spiro atoms. The Hall–Kier alpha value is -2.67. The highest BCUT2D eigenvalue weighted by atomic mass is 16.2. The molecule has 136 valence electrons. The Kier molecular flexibility index (Phi) is 4.71. The molecule has 0 saturated carbocycles. The van der Waals surface area contributed by atoms with Crippen LogP contribution in [0.4, 0.5) is 0 Å². The van der Waals surface area contributed by atoms with Gasteiger partial charge in [-0.2, -0.15) is 5.10 Å². The van der Waals surface area contributed by atoms with Crippen molar-refractivity contribution in [3.05, 3.63) is 53.3 Å². The number of rotatable bonds is 5. The third-order valence-electron chi connectivity index (χ3n) is 5.01. The summed E-state index contributed by atoms with van der Waals surface area (Å²) >= 11 is 0. The standard InChI is InChI=1S/C19H23N5O2/c25-18(21-10-16-9-17-11-20-6-7-24(17)22-16)13-23-12-15(8-19(23)26)14-4-2-1-3-5-14/h1-5,9,15,20H,6-8,10-13H2,(H,21,25). The van der Waals surface area contributed by atoms with Crippen LogP contribution in [-0.4, -0.2) is 46.1 Å². The van der Waals surface area contributed by atoms with E-state index in [2.05, 4.69) is 15.7 Å². The summed E-state index contributed by atoms with van der Waals surface area (Å²) in [6.45, 7) is 3.68. The summed E-state index contributed by atoms with van der Waals surface area (Å²) in [4.78, 5) is 26.1. The fourth-order valence-electron chi connectivity index (χ4n) is 3.63. The lowest BCUT2D eigenvalue weighted by Gasteiger charge is -2.16. The fourth-order valence-corrected chi connectivity index (χ4v) is 3.63. The van der Waals surface area contributed by atoms with Gasteiger partial charge in [0.1, 0.15) is 0 Å². The largest absolute Gasteiger partial charge is 0.349 e. The van der Waals surface area contributed by atoms with Crippen LogP contribution in [0, 0.1) is 0 Å². The molecular formula is C19H23N5O2. The van der Waals surface area contributed by atoms with E-state index in [-0.39, 0.29) is 24.3 Å². The zero-order valence-electron chi connectivity index (χ0n) is 14.6. The monoisotopic (exact) mass is 353 g/mol. The third-order valence-corrected chi connectivity index (χ3v) is 5.01. The number of fused-ring (bicyclic) bond motifs is 1. The molecule has 0 radical (unpaired) electrons. The maximum Gasteiger partial charge on any atom is 0.239 e. The lowest BCUT2D eigenvalue weighted by atomic mass is 9.99. The molecule has 1 aromatic carbocycles. The van der Waals surface area contributed by atoms with Crippen LogP contribution in [-0.2, 0) is 29.2 Å². The van der Waals surface area contributed by atoms with Gasteiger partial charge in [-0.05, 0) is 11.6 Å². The summed E-state index contributed by atoms with van der Waals surface area (Å²) in [5, 5.41) is 10.7. The molecule has 2 aromatic rings. The van der Waals surface area contributed by atoms with Crippen LogP contribution >= 0.6 is 0 Å². The van der Waals surface area contributed by atoms with Crippen molar-refractivity contribution in [2.24, 2.45) is 0 Å². The van der Waals surface area contributed by atoms with Gasteiger partial charge in [0.05, 0.1) is 31.0 Å². The van der Waals surface area contributed by atoms with Gasteiger partial charge in [-0.1, -0.05) is 30.3 Å². The molecule has 1 saturated heterocycles. The molecule has 2 N–H and O–H groups in total. The van der Waals surface area contributed by atoms with Crippen LogP contribution < -0.4 is 10.6 Å². The summed E-state index contributed by atoms with van der Waals surface area (Å²) < 4.78 is 1.98. The molecule has 4 rings (SSSR count). The second-order valence-electron chi connectivity index (χ2n) is 6.89. The van der Waals surface area contributed by atoms with Crippen molar-refractivity contribution >= 4 is 11.8 Å². The molecule has 2 aliphatic rings. The average Bonchev–Trinajstić information content (AvgIpc) is 3.24. The highest BCUT2D eigenvalue weighted by Crippen LogP contribution is 2.27. The van der Waals surface area contributed by atoms with Gasteiger partial charge in [0.25, 0.3) is 0 Å². The predicted molar refractivity (Wildman–Crippen MR) is 96.2 cm³/mol. The molecule has 26 heavy (non-hydrogen) atoms. The van der Waals surface area contributed by atoms with E-state index in [9.17, 15) is 9.59 Å². The van der Waals surface area contributed by atoms with Gasteiger partial charge in [-0.3, -0.25) is 14.3 Å². The Morgan fingerprint density at radius 3 is 2.96 bits per heavy atom. The molecule has 3 heterocycles. The average molecular weight is 353 g/mol. The van der Waals surface area contributed by atoms with Crippen molar-refractivity contribution in [2.45, 2.75) is 32.0 Å². The van der Waals surface area contributed by atoms with E-state index < -0.39 is 0 Å². The van der Waals surface area contributed by atoms with E-state index in [0.29, 0.717) is 19.5 Å². The molecule has 1 aromatic heterocycles. The Bertz CT molecular complexity index is 778. The van der Waals surface area contributed by atoms with E-state index >= 15 is 0 Å². The number of amides is 2. The number of aromatic nitrogens is 2. The zero-order chi connectivity index (χ0) is 17.9. The maximum absolute atomic E-state index is 12.3. The number of nitrogens with one attached hydrogen (secondary N) is 2. The molecule has 1 fully saturated rings. The molecule has 7 nitrogen and oxygen atoms in total. The van der Waals surface area contributed by atoms with Crippen LogP contribution in [0.25, 0.3) is 0 Å². The topological polar surface area (TPSA) is 79.3 Å². The molecule has 2 aliphatic heterocycles. The van der Waals surface area contributed by atoms with Crippen LogP contribution in [0.3, 0.4) is 0 Å². The molecule has 1 atom stereocenters. The first-order valence-corrected chi connectivity index (χ1v) is 9.05. The van der Waals surface area contributed by atoms with Gasteiger partial charge >= 0.3 is 0 Å². The summed E-state index contributed by atoms with van der Waals surface area (Å²) in [6.07, 6.45) is 0.470. The van der Waals surface area contributed by atoms with Crippen LogP contribution in [0.15, 0.2) is 36.4 Å². The van der Waals surface area contributed by atoms with Crippen molar-refractivity contribution in [1.29, 1.82) is 0 Å². The minimum Gasteiger partial charge on any atom is -0.349 e. The molecule has 7 heteroatoms. The number of likely N-dealkylation sites (tertiary alicyclic amines) is 1.